The normalized spacial score (nSPS) is 10.7. The molecule has 0 unspecified atom stereocenters. The molecule has 0 fully saturated rings. The lowest BCUT2D eigenvalue weighted by molar-refractivity contribution is 0.102. The maximum absolute atomic E-state index is 13.2. The molecule has 4 rings (SSSR count). The first kappa shape index (κ1) is 20.5. The van der Waals surface area contributed by atoms with Gasteiger partial charge in [0.25, 0.3) is 5.91 Å². The van der Waals surface area contributed by atoms with Crippen LogP contribution in [0.1, 0.15) is 16.1 Å². The lowest BCUT2D eigenvalue weighted by Crippen LogP contribution is -2.15. The number of methoxy groups -OCH3 is 2. The van der Waals surface area contributed by atoms with Gasteiger partial charge < -0.3 is 14.8 Å². The molecule has 0 aliphatic heterocycles. The number of anilines is 1. The second-order valence-electron chi connectivity index (χ2n) is 6.66. The van der Waals surface area contributed by atoms with E-state index in [2.05, 4.69) is 15.4 Å². The summed E-state index contributed by atoms with van der Waals surface area (Å²) < 4.78 is 25.2. The summed E-state index contributed by atoms with van der Waals surface area (Å²) in [5.41, 5.74) is 2.59. The second-order valence-corrected chi connectivity index (χ2v) is 7.50. The molecule has 1 N–H and O–H groups in total. The molecule has 0 aliphatic carbocycles. The summed E-state index contributed by atoms with van der Waals surface area (Å²) in [6.45, 7) is 1.83. The van der Waals surface area contributed by atoms with Gasteiger partial charge in [-0.3, -0.25) is 4.79 Å². The first-order valence-corrected chi connectivity index (χ1v) is 10.2. The first-order valence-electron chi connectivity index (χ1n) is 9.30. The van der Waals surface area contributed by atoms with E-state index in [-0.39, 0.29) is 11.7 Å². The number of nitrogens with one attached hydrogen (secondary N) is 1. The number of amides is 1. The minimum Gasteiger partial charge on any atom is -0.497 e. The van der Waals surface area contributed by atoms with Crippen LogP contribution >= 0.6 is 11.3 Å². The molecule has 2 aromatic heterocycles. The quantitative estimate of drug-likeness (QED) is 0.472. The topological polar surface area (TPSA) is 78.3 Å². The SMILES string of the molecule is COc1cc(OC)cc(C(=O)Nc2cc(C)nn2-c2nc(-c3ccc(F)cc3)cs2)c1. The predicted octanol–water partition coefficient (Wildman–Crippen LogP) is 4.71. The number of ether oxygens (including phenoxy) is 2. The van der Waals surface area contributed by atoms with E-state index in [9.17, 15) is 9.18 Å². The third kappa shape index (κ3) is 4.41. The van der Waals surface area contributed by atoms with E-state index in [1.165, 1.54) is 37.7 Å². The van der Waals surface area contributed by atoms with Gasteiger partial charge in [0.05, 0.1) is 25.6 Å². The molecule has 0 spiro atoms. The minimum atomic E-state index is -0.339. The van der Waals surface area contributed by atoms with Crippen LogP contribution in [0.3, 0.4) is 0 Å². The molecule has 0 atom stereocenters. The maximum atomic E-state index is 13.2. The van der Waals surface area contributed by atoms with Gasteiger partial charge in [-0.05, 0) is 43.3 Å². The van der Waals surface area contributed by atoms with Crippen LogP contribution in [0, 0.1) is 12.7 Å². The van der Waals surface area contributed by atoms with Crippen molar-refractivity contribution < 1.29 is 18.7 Å². The van der Waals surface area contributed by atoms with E-state index in [1.807, 2.05) is 12.3 Å². The van der Waals surface area contributed by atoms with Crippen LogP contribution in [-0.2, 0) is 0 Å². The summed E-state index contributed by atoms with van der Waals surface area (Å²) in [6, 6.07) is 12.8. The number of nitrogens with zero attached hydrogens (tertiary/aromatic N) is 3. The summed E-state index contributed by atoms with van der Waals surface area (Å²) in [5.74, 6) is 0.857. The van der Waals surface area contributed by atoms with Crippen molar-refractivity contribution in [3.8, 4) is 27.9 Å². The Bertz CT molecular complexity index is 1210. The van der Waals surface area contributed by atoms with Crippen LogP contribution in [0.2, 0.25) is 0 Å². The van der Waals surface area contributed by atoms with Crippen LogP contribution in [0.5, 0.6) is 11.5 Å². The fraction of sp³-hybridized carbons (Fsp3) is 0.136. The number of rotatable bonds is 6. The van der Waals surface area contributed by atoms with Crippen molar-refractivity contribution in [1.29, 1.82) is 0 Å². The van der Waals surface area contributed by atoms with Gasteiger partial charge in [0.1, 0.15) is 23.1 Å². The lowest BCUT2D eigenvalue weighted by Gasteiger charge is -2.10. The highest BCUT2D eigenvalue weighted by Gasteiger charge is 2.17. The van der Waals surface area contributed by atoms with Gasteiger partial charge >= 0.3 is 0 Å². The molecule has 1 amide bonds. The maximum Gasteiger partial charge on any atom is 0.257 e. The molecule has 0 aliphatic rings. The van der Waals surface area contributed by atoms with E-state index in [1.54, 1.807) is 41.1 Å². The molecule has 158 valence electrons. The number of carbonyl (C=O) groups excluding carboxylic acids is 1. The van der Waals surface area contributed by atoms with E-state index < -0.39 is 0 Å². The summed E-state index contributed by atoms with van der Waals surface area (Å²) in [5, 5.41) is 9.76. The van der Waals surface area contributed by atoms with Crippen molar-refractivity contribution in [2.24, 2.45) is 0 Å². The Kier molecular flexibility index (Phi) is 5.68. The Hall–Kier alpha value is -3.72. The highest BCUT2D eigenvalue weighted by Crippen LogP contribution is 2.28. The number of aryl methyl sites for hydroxylation is 1. The van der Waals surface area contributed by atoms with E-state index in [0.29, 0.717) is 33.7 Å². The summed E-state index contributed by atoms with van der Waals surface area (Å²) in [4.78, 5) is 17.5. The number of halogens is 1. The number of thiazole rings is 1. The number of aromatic nitrogens is 3. The molecular weight excluding hydrogens is 419 g/mol. The van der Waals surface area contributed by atoms with Crippen LogP contribution in [-0.4, -0.2) is 34.9 Å². The Morgan fingerprint density at radius 3 is 2.39 bits per heavy atom. The van der Waals surface area contributed by atoms with Crippen molar-refractivity contribution in [2.45, 2.75) is 6.92 Å². The molecule has 4 aromatic rings. The van der Waals surface area contributed by atoms with Gasteiger partial charge in [-0.2, -0.15) is 9.78 Å². The van der Waals surface area contributed by atoms with Crippen LogP contribution in [0.25, 0.3) is 16.4 Å². The van der Waals surface area contributed by atoms with Gasteiger partial charge in [-0.15, -0.1) is 11.3 Å². The highest BCUT2D eigenvalue weighted by atomic mass is 32.1. The first-order chi connectivity index (χ1) is 15.0. The molecule has 0 radical (unpaired) electrons. The lowest BCUT2D eigenvalue weighted by atomic mass is 10.2. The summed E-state index contributed by atoms with van der Waals surface area (Å²) in [7, 11) is 3.05. The van der Waals surface area contributed by atoms with Gasteiger partial charge in [-0.1, -0.05) is 0 Å². The standard InChI is InChI=1S/C22H19FN4O3S/c1-13-8-20(25-21(28)15-9-17(29-2)11-18(10-15)30-3)27(26-13)22-24-19(12-31-22)14-4-6-16(23)7-5-14/h4-12H,1-3H3,(H,25,28). The van der Waals surface area contributed by atoms with Crippen molar-refractivity contribution >= 4 is 23.1 Å². The Balaban J connectivity index is 1.63. The van der Waals surface area contributed by atoms with Gasteiger partial charge in [0, 0.05) is 28.6 Å². The molecule has 2 heterocycles. The van der Waals surface area contributed by atoms with E-state index in [4.69, 9.17) is 9.47 Å². The molecule has 31 heavy (non-hydrogen) atoms. The molecule has 2 aromatic carbocycles. The molecule has 9 heteroatoms. The van der Waals surface area contributed by atoms with Gasteiger partial charge in [0.2, 0.25) is 5.13 Å². The van der Waals surface area contributed by atoms with Crippen molar-refractivity contribution in [3.05, 3.63) is 71.0 Å². The fourth-order valence-electron chi connectivity index (χ4n) is 2.98. The zero-order valence-corrected chi connectivity index (χ0v) is 17.9. The van der Waals surface area contributed by atoms with Gasteiger partial charge in [-0.25, -0.2) is 9.37 Å². The Labute approximate surface area is 182 Å². The van der Waals surface area contributed by atoms with Crippen molar-refractivity contribution in [3.63, 3.8) is 0 Å². The smallest absolute Gasteiger partial charge is 0.257 e. The minimum absolute atomic E-state index is 0.305. The number of carbonyl (C=O) groups is 1. The number of hydrogen-bond donors (Lipinski definition) is 1. The monoisotopic (exact) mass is 438 g/mol. The molecule has 0 saturated heterocycles. The molecule has 0 saturated carbocycles. The highest BCUT2D eigenvalue weighted by molar-refractivity contribution is 7.12. The predicted molar refractivity (Wildman–Crippen MR) is 117 cm³/mol. The average Bonchev–Trinajstić information content (AvgIpc) is 3.40. The second kappa shape index (κ2) is 8.57. The molecule has 0 bridgehead atoms. The zero-order valence-electron chi connectivity index (χ0n) is 17.0. The largest absolute Gasteiger partial charge is 0.497 e. The van der Waals surface area contributed by atoms with Gasteiger partial charge in [0.15, 0.2) is 0 Å². The Morgan fingerprint density at radius 2 is 1.74 bits per heavy atom. The number of hydrogen-bond acceptors (Lipinski definition) is 6. The summed E-state index contributed by atoms with van der Waals surface area (Å²) in [6.07, 6.45) is 0. The molecular formula is C22H19FN4O3S. The van der Waals surface area contributed by atoms with Crippen LogP contribution in [0.4, 0.5) is 10.2 Å². The summed E-state index contributed by atoms with van der Waals surface area (Å²) >= 11 is 1.37. The third-order valence-electron chi connectivity index (χ3n) is 4.50. The van der Waals surface area contributed by atoms with Crippen LogP contribution < -0.4 is 14.8 Å². The number of benzene rings is 2. The average molecular weight is 438 g/mol. The zero-order chi connectivity index (χ0) is 22.0. The van der Waals surface area contributed by atoms with E-state index >= 15 is 0 Å². The Morgan fingerprint density at radius 1 is 1.06 bits per heavy atom. The third-order valence-corrected chi connectivity index (χ3v) is 5.32. The van der Waals surface area contributed by atoms with Crippen molar-refractivity contribution in [2.75, 3.05) is 19.5 Å². The van der Waals surface area contributed by atoms with E-state index in [0.717, 1.165) is 11.3 Å². The van der Waals surface area contributed by atoms with Crippen LogP contribution in [0.15, 0.2) is 53.9 Å². The fourth-order valence-corrected chi connectivity index (χ4v) is 3.77. The molecule has 7 nitrogen and oxygen atoms in total. The van der Waals surface area contributed by atoms with Crippen molar-refractivity contribution in [1.82, 2.24) is 14.8 Å².